The Hall–Kier alpha value is -2.19. The van der Waals surface area contributed by atoms with Gasteiger partial charge < -0.3 is 24.0 Å². The van der Waals surface area contributed by atoms with Crippen molar-refractivity contribution >= 4 is 17.8 Å². The van der Waals surface area contributed by atoms with Gasteiger partial charge in [-0.05, 0) is 64.2 Å². The van der Waals surface area contributed by atoms with Crippen LogP contribution in [0, 0.1) is 0 Å². The molecule has 0 aromatic carbocycles. The lowest BCUT2D eigenvalue weighted by atomic mass is 10.1. The summed E-state index contributed by atoms with van der Waals surface area (Å²) in [5.41, 5.74) is 0. The largest absolute Gasteiger partial charge is 0.464 e. The third kappa shape index (κ3) is 36.8. The Morgan fingerprint density at radius 2 is 0.852 bits per heavy atom. The first-order valence-electron chi connectivity index (χ1n) is 22.6. The van der Waals surface area contributed by atoms with Crippen molar-refractivity contribution in [2.24, 2.45) is 0 Å². The molecule has 8 nitrogen and oxygen atoms in total. The Morgan fingerprint density at radius 1 is 0.519 bits per heavy atom. The van der Waals surface area contributed by atoms with E-state index in [9.17, 15) is 19.5 Å². The van der Waals surface area contributed by atoms with E-state index in [4.69, 9.17) is 9.47 Å². The van der Waals surface area contributed by atoms with Crippen molar-refractivity contribution in [1.29, 1.82) is 0 Å². The number of carbonyl (C=O) groups excluding carboxylic acids is 3. The number of quaternary nitrogens is 1. The standard InChI is InChI=1S/C46H87N2O6/c1-5-7-9-11-13-15-17-19-21-23-25-27-29-31-33-35-45(51)53-41-37-47(44(50)43-48(3,4)39-40-49)38-42-54-46(52)36-34-32-30-28-26-24-22-20-18-16-14-12-10-8-6-2/h19-22,49H,5-18,23-43H2,1-4H3/q+1/b21-19-,22-20-. The van der Waals surface area contributed by atoms with E-state index < -0.39 is 0 Å². The number of hydrogen-bond donors (Lipinski definition) is 1. The SMILES string of the molecule is CCCCCCCC/C=C\CCCCCCCC(=O)OCCN(CCOC(=O)CCCCCCC/C=C\CCCCCCCC)C(=O)C[N+](C)(C)CCO. The molecular weight excluding hydrogens is 677 g/mol. The zero-order valence-electron chi connectivity index (χ0n) is 35.9. The molecule has 0 fully saturated rings. The molecule has 0 aliphatic heterocycles. The third-order valence-electron chi connectivity index (χ3n) is 10.2. The summed E-state index contributed by atoms with van der Waals surface area (Å²) in [4.78, 5) is 39.6. The summed E-state index contributed by atoms with van der Waals surface area (Å²) in [6, 6.07) is 0. The van der Waals surface area contributed by atoms with E-state index >= 15 is 0 Å². The summed E-state index contributed by atoms with van der Waals surface area (Å²) >= 11 is 0. The number of allylic oxidation sites excluding steroid dienone is 4. The van der Waals surface area contributed by atoms with E-state index in [0.29, 0.717) is 23.9 Å². The molecule has 0 radical (unpaired) electrons. The fourth-order valence-electron chi connectivity index (χ4n) is 6.54. The lowest BCUT2D eigenvalue weighted by molar-refractivity contribution is -0.883. The van der Waals surface area contributed by atoms with E-state index in [2.05, 4.69) is 38.2 Å². The predicted molar refractivity (Wildman–Crippen MR) is 226 cm³/mol. The molecule has 0 heterocycles. The van der Waals surface area contributed by atoms with E-state index in [1.807, 2.05) is 14.1 Å². The van der Waals surface area contributed by atoms with Crippen molar-refractivity contribution < 1.29 is 33.4 Å². The minimum absolute atomic E-state index is 0.0117. The average Bonchev–Trinajstić information content (AvgIpc) is 3.13. The fourth-order valence-corrected chi connectivity index (χ4v) is 6.54. The topological polar surface area (TPSA) is 93.1 Å². The molecule has 8 heteroatoms. The summed E-state index contributed by atoms with van der Waals surface area (Å²) in [6.45, 7) is 5.90. The Balaban J connectivity index is 4.18. The zero-order chi connectivity index (χ0) is 39.8. The van der Waals surface area contributed by atoms with E-state index in [0.717, 1.165) is 51.4 Å². The van der Waals surface area contributed by atoms with Gasteiger partial charge in [-0.3, -0.25) is 14.4 Å². The summed E-state index contributed by atoms with van der Waals surface area (Å²) in [5.74, 6) is -0.583. The second-order valence-electron chi connectivity index (χ2n) is 16.0. The minimum atomic E-state index is -0.234. The number of amides is 1. The van der Waals surface area contributed by atoms with Crippen LogP contribution in [0.3, 0.4) is 0 Å². The Morgan fingerprint density at radius 3 is 1.20 bits per heavy atom. The zero-order valence-corrected chi connectivity index (χ0v) is 35.9. The number of nitrogens with zero attached hydrogens (tertiary/aromatic N) is 2. The first-order chi connectivity index (χ1) is 26.3. The van der Waals surface area contributed by atoms with Crippen LogP contribution in [-0.4, -0.2) is 92.4 Å². The second-order valence-corrected chi connectivity index (χ2v) is 16.0. The number of ether oxygens (including phenoxy) is 2. The second kappa shape index (κ2) is 39.1. The summed E-state index contributed by atoms with van der Waals surface area (Å²) in [7, 11) is 3.79. The van der Waals surface area contributed by atoms with Crippen molar-refractivity contribution in [1.82, 2.24) is 4.90 Å². The van der Waals surface area contributed by atoms with Crippen molar-refractivity contribution in [3.8, 4) is 0 Å². The van der Waals surface area contributed by atoms with E-state index in [-0.39, 0.29) is 57.3 Å². The van der Waals surface area contributed by atoms with E-state index in [1.54, 1.807) is 4.90 Å². The number of rotatable bonds is 40. The lowest BCUT2D eigenvalue weighted by Crippen LogP contribution is -2.51. The molecular formula is C46H87N2O6+. The maximum Gasteiger partial charge on any atom is 0.305 e. The minimum Gasteiger partial charge on any atom is -0.464 e. The number of hydrogen-bond acceptors (Lipinski definition) is 6. The molecule has 0 saturated carbocycles. The third-order valence-corrected chi connectivity index (χ3v) is 10.2. The Labute approximate surface area is 333 Å². The van der Waals surface area contributed by atoms with Gasteiger partial charge >= 0.3 is 11.9 Å². The van der Waals surface area contributed by atoms with Gasteiger partial charge in [0.05, 0.1) is 33.8 Å². The van der Waals surface area contributed by atoms with Gasteiger partial charge in [0.1, 0.15) is 19.8 Å². The Kier molecular flexibility index (Phi) is 37.5. The number of aliphatic hydroxyl groups is 1. The van der Waals surface area contributed by atoms with Gasteiger partial charge in [0.25, 0.3) is 5.91 Å². The van der Waals surface area contributed by atoms with Gasteiger partial charge in [-0.15, -0.1) is 0 Å². The highest BCUT2D eigenvalue weighted by molar-refractivity contribution is 5.77. The maximum atomic E-state index is 13.2. The smallest absolute Gasteiger partial charge is 0.305 e. The summed E-state index contributed by atoms with van der Waals surface area (Å²) in [6.07, 6.45) is 41.6. The molecule has 0 unspecified atom stereocenters. The highest BCUT2D eigenvalue weighted by atomic mass is 16.5. The molecule has 1 N–H and O–H groups in total. The van der Waals surface area contributed by atoms with Gasteiger partial charge in [-0.1, -0.05) is 141 Å². The molecule has 0 atom stereocenters. The van der Waals surface area contributed by atoms with Crippen LogP contribution in [0.25, 0.3) is 0 Å². The van der Waals surface area contributed by atoms with Gasteiger partial charge in [-0.25, -0.2) is 0 Å². The van der Waals surface area contributed by atoms with Gasteiger partial charge in [-0.2, -0.15) is 0 Å². The number of unbranched alkanes of at least 4 members (excludes halogenated alkanes) is 22. The molecule has 316 valence electrons. The highest BCUT2D eigenvalue weighted by Gasteiger charge is 2.24. The first kappa shape index (κ1) is 51.8. The predicted octanol–water partition coefficient (Wildman–Crippen LogP) is 11.0. The first-order valence-corrected chi connectivity index (χ1v) is 22.6. The van der Waals surface area contributed by atoms with Crippen molar-refractivity contribution in [2.75, 3.05) is 60.1 Å². The van der Waals surface area contributed by atoms with Crippen LogP contribution in [-0.2, 0) is 23.9 Å². The molecule has 0 aliphatic rings. The van der Waals surface area contributed by atoms with Crippen molar-refractivity contribution in [3.63, 3.8) is 0 Å². The quantitative estimate of drug-likeness (QED) is 0.0289. The molecule has 0 aromatic rings. The number of esters is 2. The number of aliphatic hydroxyl groups excluding tert-OH is 1. The number of carbonyl (C=O) groups is 3. The van der Waals surface area contributed by atoms with Crippen LogP contribution >= 0.6 is 0 Å². The van der Waals surface area contributed by atoms with Crippen LogP contribution < -0.4 is 0 Å². The maximum absolute atomic E-state index is 13.2. The van der Waals surface area contributed by atoms with Gasteiger partial charge in [0.2, 0.25) is 0 Å². The average molecular weight is 764 g/mol. The molecule has 0 saturated heterocycles. The number of likely N-dealkylation sites (N-methyl/N-ethyl adjacent to an activating group) is 1. The molecule has 1 amide bonds. The lowest BCUT2D eigenvalue weighted by Gasteiger charge is -2.31. The highest BCUT2D eigenvalue weighted by Crippen LogP contribution is 2.12. The van der Waals surface area contributed by atoms with Crippen LogP contribution in [0.4, 0.5) is 0 Å². The van der Waals surface area contributed by atoms with Crippen LogP contribution in [0.1, 0.15) is 194 Å². The molecule has 0 aliphatic carbocycles. The molecule has 0 rings (SSSR count). The van der Waals surface area contributed by atoms with Crippen molar-refractivity contribution in [2.45, 2.75) is 194 Å². The Bertz CT molecular complexity index is 876. The normalized spacial score (nSPS) is 11.9. The monoisotopic (exact) mass is 764 g/mol. The van der Waals surface area contributed by atoms with E-state index in [1.165, 1.54) is 116 Å². The molecule has 0 aromatic heterocycles. The molecule has 54 heavy (non-hydrogen) atoms. The fraction of sp³-hybridized carbons (Fsp3) is 0.848. The molecule has 0 bridgehead atoms. The van der Waals surface area contributed by atoms with Crippen LogP contribution in [0.5, 0.6) is 0 Å². The summed E-state index contributed by atoms with van der Waals surface area (Å²) < 4.78 is 11.3. The van der Waals surface area contributed by atoms with Crippen LogP contribution in [0.2, 0.25) is 0 Å². The molecule has 0 spiro atoms. The summed E-state index contributed by atoms with van der Waals surface area (Å²) in [5, 5.41) is 9.41. The van der Waals surface area contributed by atoms with Gasteiger partial charge in [0, 0.05) is 12.8 Å². The van der Waals surface area contributed by atoms with Crippen LogP contribution in [0.15, 0.2) is 24.3 Å². The van der Waals surface area contributed by atoms with Crippen molar-refractivity contribution in [3.05, 3.63) is 24.3 Å². The van der Waals surface area contributed by atoms with Gasteiger partial charge in [0.15, 0.2) is 6.54 Å².